The highest BCUT2D eigenvalue weighted by molar-refractivity contribution is 5.87. The van der Waals surface area contributed by atoms with Gasteiger partial charge in [0.25, 0.3) is 0 Å². The summed E-state index contributed by atoms with van der Waals surface area (Å²) in [5.74, 6) is 8.92. The average Bonchev–Trinajstić information content (AvgIpc) is 3.53. The monoisotopic (exact) mass is 580 g/mol. The Morgan fingerprint density at radius 1 is 0.929 bits per heavy atom. The molecule has 2 aliphatic carbocycles. The predicted molar refractivity (Wildman–Crippen MR) is 163 cm³/mol. The van der Waals surface area contributed by atoms with Gasteiger partial charge in [-0.1, -0.05) is 37.7 Å². The Kier molecular flexibility index (Phi) is 9.57. The average molecular weight is 581 g/mol. The number of carbonyl (C=O) groups is 2. The molecular formula is C33H52N6O3. The second-order valence-corrected chi connectivity index (χ2v) is 13.7. The van der Waals surface area contributed by atoms with Crippen LogP contribution < -0.4 is 16.4 Å². The molecule has 4 heterocycles. The number of carbonyl (C=O) groups excluding carboxylic acids is 2. The first kappa shape index (κ1) is 30.1. The Morgan fingerprint density at radius 3 is 2.31 bits per heavy atom. The molecule has 4 N–H and O–H groups in total. The van der Waals surface area contributed by atoms with Crippen molar-refractivity contribution in [2.45, 2.75) is 114 Å². The highest BCUT2D eigenvalue weighted by Crippen LogP contribution is 2.48. The van der Waals surface area contributed by atoms with Crippen LogP contribution >= 0.6 is 0 Å². The summed E-state index contributed by atoms with van der Waals surface area (Å²) in [4.78, 5) is 31.7. The number of fused-ring (bicyclic) bond motifs is 1. The number of ether oxygens (including phenoxy) is 1. The number of amides is 2. The van der Waals surface area contributed by atoms with E-state index in [1.807, 2.05) is 16.8 Å². The van der Waals surface area contributed by atoms with E-state index in [9.17, 15) is 9.59 Å². The van der Waals surface area contributed by atoms with Crippen LogP contribution in [0.3, 0.4) is 0 Å². The van der Waals surface area contributed by atoms with Gasteiger partial charge in [-0.3, -0.25) is 25.1 Å². The highest BCUT2D eigenvalue weighted by Gasteiger charge is 2.58. The summed E-state index contributed by atoms with van der Waals surface area (Å²) in [6.45, 7) is 6.51. The fourth-order valence-electron chi connectivity index (χ4n) is 8.96. The zero-order valence-corrected chi connectivity index (χ0v) is 25.5. The number of piperidine rings is 1. The molecule has 6 rings (SSSR count). The van der Waals surface area contributed by atoms with E-state index >= 15 is 0 Å². The lowest BCUT2D eigenvalue weighted by molar-refractivity contribution is -0.132. The van der Waals surface area contributed by atoms with E-state index < -0.39 is 0 Å². The molecule has 0 spiro atoms. The van der Waals surface area contributed by atoms with Crippen molar-refractivity contribution in [1.29, 1.82) is 0 Å². The SMILES string of the molecule is C=CC(=O)N1CCC(C#CC2C(C3CCC(OC4CCCCC4)CC3)C3C(N)NCNC3N2C2CCN(C)C2=O)CC1. The lowest BCUT2D eigenvalue weighted by Gasteiger charge is -2.41. The first-order chi connectivity index (χ1) is 20.4. The van der Waals surface area contributed by atoms with Crippen molar-refractivity contribution in [3.05, 3.63) is 12.7 Å². The Balaban J connectivity index is 1.23. The van der Waals surface area contributed by atoms with E-state index in [4.69, 9.17) is 10.5 Å². The molecule has 232 valence electrons. The van der Waals surface area contributed by atoms with Gasteiger partial charge >= 0.3 is 0 Å². The summed E-state index contributed by atoms with van der Waals surface area (Å²) in [6.07, 6.45) is 15.6. The number of rotatable bonds is 5. The van der Waals surface area contributed by atoms with Crippen molar-refractivity contribution >= 4 is 11.8 Å². The molecule has 42 heavy (non-hydrogen) atoms. The number of hydrogen-bond acceptors (Lipinski definition) is 7. The number of nitrogens with zero attached hydrogens (tertiary/aromatic N) is 3. The lowest BCUT2D eigenvalue weighted by Crippen LogP contribution is -2.65. The van der Waals surface area contributed by atoms with Crippen LogP contribution in [-0.2, 0) is 14.3 Å². The van der Waals surface area contributed by atoms with Crippen molar-refractivity contribution in [2.24, 2.45) is 29.4 Å². The van der Waals surface area contributed by atoms with Gasteiger partial charge in [-0.05, 0) is 75.7 Å². The normalized spacial score (nSPS) is 38.7. The van der Waals surface area contributed by atoms with Gasteiger partial charge in [-0.15, -0.1) is 0 Å². The Labute approximate surface area is 252 Å². The lowest BCUT2D eigenvalue weighted by atomic mass is 9.70. The van der Waals surface area contributed by atoms with Gasteiger partial charge in [-0.25, -0.2) is 0 Å². The van der Waals surface area contributed by atoms with Crippen LogP contribution in [0.1, 0.15) is 77.0 Å². The summed E-state index contributed by atoms with van der Waals surface area (Å²) >= 11 is 0. The maximum Gasteiger partial charge on any atom is 0.245 e. The van der Waals surface area contributed by atoms with Crippen LogP contribution in [0.25, 0.3) is 0 Å². The number of hydrogen-bond donors (Lipinski definition) is 3. The van der Waals surface area contributed by atoms with Crippen LogP contribution in [0.15, 0.2) is 12.7 Å². The van der Waals surface area contributed by atoms with Crippen LogP contribution in [0.5, 0.6) is 0 Å². The minimum absolute atomic E-state index is 0.00649. The smallest absolute Gasteiger partial charge is 0.245 e. The minimum Gasteiger partial charge on any atom is -0.375 e. The predicted octanol–water partition coefficient (Wildman–Crippen LogP) is 2.23. The standard InChI is InChI=1S/C33H52N6O3/c1-3-28(40)38-19-15-22(16-20-38)9-14-26-29(23-10-12-25(13-11-23)42-24-7-5-4-6-8-24)30-31(34)35-21-36-32(30)39(26)27-17-18-37(2)33(27)41/h3,22-27,29-32,35-36H,1,4-8,10-13,15-21,34H2,2H3. The number of nitrogens with one attached hydrogen (secondary N) is 2. The van der Waals surface area contributed by atoms with Crippen molar-refractivity contribution in [2.75, 3.05) is 33.4 Å². The molecule has 0 aromatic heterocycles. The van der Waals surface area contributed by atoms with Gasteiger partial charge in [0.1, 0.15) is 0 Å². The van der Waals surface area contributed by atoms with Crippen LogP contribution in [0, 0.1) is 35.5 Å². The summed E-state index contributed by atoms with van der Waals surface area (Å²) in [5.41, 5.74) is 6.86. The number of likely N-dealkylation sites (N-methyl/N-ethyl adjacent to an activating group) is 1. The van der Waals surface area contributed by atoms with Crippen LogP contribution in [0.4, 0.5) is 0 Å². The molecule has 9 heteroatoms. The van der Waals surface area contributed by atoms with Gasteiger partial charge in [0.05, 0.1) is 36.6 Å². The van der Waals surface area contributed by atoms with E-state index in [1.54, 1.807) is 0 Å². The Bertz CT molecular complexity index is 1040. The molecule has 2 amide bonds. The molecule has 6 aliphatic rings. The Hall–Kier alpha value is -1.96. The second kappa shape index (κ2) is 13.4. The number of likely N-dealkylation sites (tertiary alicyclic amines) is 3. The van der Waals surface area contributed by atoms with Gasteiger partial charge in [0, 0.05) is 45.2 Å². The van der Waals surface area contributed by atoms with Crippen LogP contribution in [-0.4, -0.2) is 96.5 Å². The third kappa shape index (κ3) is 6.16. The molecule has 6 unspecified atom stereocenters. The molecule has 0 bridgehead atoms. The summed E-state index contributed by atoms with van der Waals surface area (Å²) < 4.78 is 6.61. The van der Waals surface area contributed by atoms with Crippen molar-refractivity contribution in [1.82, 2.24) is 25.3 Å². The van der Waals surface area contributed by atoms with Crippen LogP contribution in [0.2, 0.25) is 0 Å². The van der Waals surface area contributed by atoms with E-state index in [0.717, 1.165) is 64.6 Å². The molecule has 6 atom stereocenters. The second-order valence-electron chi connectivity index (χ2n) is 13.7. The molecule has 4 saturated heterocycles. The molecular weight excluding hydrogens is 528 g/mol. The Morgan fingerprint density at radius 2 is 1.64 bits per heavy atom. The maximum atomic E-state index is 13.4. The first-order valence-electron chi connectivity index (χ1n) is 16.8. The van der Waals surface area contributed by atoms with E-state index in [0.29, 0.717) is 24.8 Å². The van der Waals surface area contributed by atoms with Crippen molar-refractivity contribution in [3.8, 4) is 11.8 Å². The first-order valence-corrected chi connectivity index (χ1v) is 16.8. The third-order valence-corrected chi connectivity index (χ3v) is 11.3. The fraction of sp³-hybridized carbons (Fsp3) is 0.818. The summed E-state index contributed by atoms with van der Waals surface area (Å²) in [7, 11) is 1.92. The summed E-state index contributed by atoms with van der Waals surface area (Å²) in [5, 5.41) is 7.21. The molecule has 2 saturated carbocycles. The molecule has 0 aromatic rings. The maximum absolute atomic E-state index is 13.4. The summed E-state index contributed by atoms with van der Waals surface area (Å²) in [6, 6.07) is -0.185. The largest absolute Gasteiger partial charge is 0.375 e. The van der Waals surface area contributed by atoms with E-state index in [1.165, 1.54) is 38.2 Å². The molecule has 4 aliphatic heterocycles. The molecule has 0 aromatic carbocycles. The van der Waals surface area contributed by atoms with Gasteiger partial charge in [-0.2, -0.15) is 0 Å². The highest BCUT2D eigenvalue weighted by atomic mass is 16.5. The van der Waals surface area contributed by atoms with Gasteiger partial charge < -0.3 is 20.3 Å². The molecule has 6 fully saturated rings. The van der Waals surface area contributed by atoms with E-state index in [-0.39, 0.29) is 54.0 Å². The quantitative estimate of drug-likeness (QED) is 0.339. The fourth-order valence-corrected chi connectivity index (χ4v) is 8.96. The van der Waals surface area contributed by atoms with Gasteiger partial charge in [0.2, 0.25) is 11.8 Å². The zero-order chi connectivity index (χ0) is 29.2. The van der Waals surface area contributed by atoms with Crippen molar-refractivity contribution < 1.29 is 14.3 Å². The van der Waals surface area contributed by atoms with Crippen molar-refractivity contribution in [3.63, 3.8) is 0 Å². The molecule has 0 radical (unpaired) electrons. The minimum atomic E-state index is -0.164. The van der Waals surface area contributed by atoms with Gasteiger partial charge in [0.15, 0.2) is 0 Å². The topological polar surface area (TPSA) is 103 Å². The number of nitrogens with two attached hydrogens (primary N) is 1. The zero-order valence-electron chi connectivity index (χ0n) is 25.5. The van der Waals surface area contributed by atoms with E-state index in [2.05, 4.69) is 34.0 Å². The third-order valence-electron chi connectivity index (χ3n) is 11.3. The molecule has 9 nitrogen and oxygen atoms in total.